The molecule has 3 aromatic carbocycles. The highest BCUT2D eigenvalue weighted by atomic mass is 35.5. The molecule has 0 bridgehead atoms. The monoisotopic (exact) mass is 462 g/mol. The second-order valence-corrected chi connectivity index (χ2v) is 9.55. The zero-order valence-electron chi connectivity index (χ0n) is 18.2. The fraction of sp³-hybridized carbons (Fsp3) is 0.231. The summed E-state index contributed by atoms with van der Waals surface area (Å²) in [4.78, 5) is 25.4. The van der Waals surface area contributed by atoms with Crippen molar-refractivity contribution in [2.24, 2.45) is 0 Å². The van der Waals surface area contributed by atoms with Crippen molar-refractivity contribution >= 4 is 28.6 Å². The molecule has 2 N–H and O–H groups in total. The molecule has 1 aliphatic rings. The Morgan fingerprint density at radius 3 is 2.30 bits per heavy atom. The summed E-state index contributed by atoms with van der Waals surface area (Å²) < 4.78 is 3.39. The molecule has 7 heteroatoms. The maximum atomic E-state index is 13.9. The summed E-state index contributed by atoms with van der Waals surface area (Å²) >= 11 is 6.30. The zero-order chi connectivity index (χ0) is 23.5. The number of hydrogen-bond donors (Lipinski definition) is 2. The number of carboxylic acid groups (broad SMARTS) is 1. The average molecular weight is 463 g/mol. The summed E-state index contributed by atoms with van der Waals surface area (Å²) in [5.41, 5.74) is 1.98. The van der Waals surface area contributed by atoms with Crippen molar-refractivity contribution in [2.75, 3.05) is 0 Å². The second-order valence-electron chi connectivity index (χ2n) is 9.11. The Balaban J connectivity index is 1.74. The van der Waals surface area contributed by atoms with Crippen LogP contribution in [0.4, 0.5) is 0 Å². The number of carboxylic acids is 1. The van der Waals surface area contributed by atoms with Gasteiger partial charge >= 0.3 is 11.7 Å². The number of carbonyl (C=O) groups is 1. The summed E-state index contributed by atoms with van der Waals surface area (Å²) in [6.45, 7) is 3.42. The molecule has 168 valence electrons. The summed E-state index contributed by atoms with van der Waals surface area (Å²) in [6, 6.07) is 19.4. The molecule has 0 unspecified atom stereocenters. The fourth-order valence-corrected chi connectivity index (χ4v) is 4.72. The number of halogens is 1. The smallest absolute Gasteiger partial charge is 0.335 e. The maximum absolute atomic E-state index is 13.9. The van der Waals surface area contributed by atoms with Gasteiger partial charge in [0.25, 0.3) is 0 Å². The van der Waals surface area contributed by atoms with E-state index in [1.807, 2.05) is 24.3 Å². The molecule has 5 rings (SSSR count). The van der Waals surface area contributed by atoms with Crippen LogP contribution in [0.3, 0.4) is 0 Å². The Morgan fingerprint density at radius 2 is 1.70 bits per heavy atom. The highest BCUT2D eigenvalue weighted by Gasteiger charge is 2.49. The van der Waals surface area contributed by atoms with E-state index in [9.17, 15) is 19.8 Å². The number of aromatic carboxylic acids is 1. The third-order valence-corrected chi connectivity index (χ3v) is 6.67. The van der Waals surface area contributed by atoms with E-state index in [1.165, 1.54) is 0 Å². The predicted octanol–water partition coefficient (Wildman–Crippen LogP) is 4.91. The molecular weight excluding hydrogens is 440 g/mol. The van der Waals surface area contributed by atoms with Gasteiger partial charge in [0.1, 0.15) is 0 Å². The van der Waals surface area contributed by atoms with E-state index >= 15 is 0 Å². The number of nitrogens with zero attached hydrogens (tertiary/aromatic N) is 2. The molecule has 1 aromatic heterocycles. The summed E-state index contributed by atoms with van der Waals surface area (Å²) in [6.07, 6.45) is 1.46. The normalized spacial score (nSPS) is 15.0. The minimum absolute atomic E-state index is 0.195. The third-order valence-electron chi connectivity index (χ3n) is 6.43. The summed E-state index contributed by atoms with van der Waals surface area (Å²) in [5.74, 6) is -0.999. The molecule has 4 aromatic rings. The number of fused-ring (bicyclic) bond motifs is 1. The molecule has 33 heavy (non-hydrogen) atoms. The van der Waals surface area contributed by atoms with Crippen molar-refractivity contribution in [2.45, 2.75) is 37.8 Å². The van der Waals surface area contributed by atoms with Crippen LogP contribution in [0.5, 0.6) is 0 Å². The average Bonchev–Trinajstić information content (AvgIpc) is 3.52. The van der Waals surface area contributed by atoms with Gasteiger partial charge in [0.05, 0.1) is 33.4 Å². The molecule has 1 fully saturated rings. The number of aliphatic hydroxyl groups is 1. The van der Waals surface area contributed by atoms with Crippen molar-refractivity contribution in [3.63, 3.8) is 0 Å². The number of benzene rings is 3. The lowest BCUT2D eigenvalue weighted by Gasteiger charge is -2.19. The van der Waals surface area contributed by atoms with E-state index in [0.29, 0.717) is 16.2 Å². The molecule has 0 spiro atoms. The van der Waals surface area contributed by atoms with Gasteiger partial charge in [0.2, 0.25) is 0 Å². The Bertz CT molecular complexity index is 1450. The van der Waals surface area contributed by atoms with Crippen molar-refractivity contribution < 1.29 is 15.0 Å². The largest absolute Gasteiger partial charge is 0.478 e. The van der Waals surface area contributed by atoms with Crippen LogP contribution in [0.1, 0.15) is 48.2 Å². The first kappa shape index (κ1) is 21.5. The minimum atomic E-state index is -0.999. The number of rotatable bonds is 5. The molecule has 6 nitrogen and oxygen atoms in total. The van der Waals surface area contributed by atoms with E-state index in [-0.39, 0.29) is 11.3 Å². The van der Waals surface area contributed by atoms with Crippen LogP contribution in [0.15, 0.2) is 71.5 Å². The predicted molar refractivity (Wildman–Crippen MR) is 128 cm³/mol. The van der Waals surface area contributed by atoms with Crippen molar-refractivity contribution in [1.29, 1.82) is 0 Å². The molecule has 0 atom stereocenters. The van der Waals surface area contributed by atoms with Crippen LogP contribution in [0.25, 0.3) is 16.7 Å². The van der Waals surface area contributed by atoms with E-state index < -0.39 is 17.1 Å². The number of imidazole rings is 1. The fourth-order valence-electron chi connectivity index (χ4n) is 4.55. The van der Waals surface area contributed by atoms with Gasteiger partial charge in [-0.05, 0) is 80.3 Å². The molecular formula is C26H23ClN2O4. The zero-order valence-corrected chi connectivity index (χ0v) is 19.0. The van der Waals surface area contributed by atoms with Crippen LogP contribution in [0, 0.1) is 0 Å². The quantitative estimate of drug-likeness (QED) is 0.441. The van der Waals surface area contributed by atoms with E-state index in [2.05, 4.69) is 0 Å². The Kier molecular flexibility index (Phi) is 4.78. The van der Waals surface area contributed by atoms with Crippen LogP contribution < -0.4 is 5.69 Å². The molecule has 0 amide bonds. The highest BCUT2D eigenvalue weighted by Crippen LogP contribution is 2.50. The van der Waals surface area contributed by atoms with Gasteiger partial charge in [0.15, 0.2) is 0 Å². The second kappa shape index (κ2) is 7.33. The maximum Gasteiger partial charge on any atom is 0.335 e. The van der Waals surface area contributed by atoms with Crippen molar-refractivity contribution in [3.05, 3.63) is 98.9 Å². The van der Waals surface area contributed by atoms with Gasteiger partial charge in [-0.15, -0.1) is 0 Å². The Morgan fingerprint density at radius 1 is 1.00 bits per heavy atom. The van der Waals surface area contributed by atoms with Crippen molar-refractivity contribution in [1.82, 2.24) is 9.13 Å². The van der Waals surface area contributed by atoms with Crippen LogP contribution in [0.2, 0.25) is 5.02 Å². The van der Waals surface area contributed by atoms with Gasteiger partial charge < -0.3 is 10.2 Å². The van der Waals surface area contributed by atoms with E-state index in [0.717, 1.165) is 29.5 Å². The SMILES string of the molecule is CC(C)(O)c1ccc(-n2c(=O)n(C3(c4cccc(C(=O)O)c4)CC3)c3ccc(Cl)cc32)cc1. The first-order valence-electron chi connectivity index (χ1n) is 10.7. The van der Waals surface area contributed by atoms with Gasteiger partial charge in [-0.25, -0.2) is 9.59 Å². The first-order valence-corrected chi connectivity index (χ1v) is 11.1. The van der Waals surface area contributed by atoms with E-state index in [4.69, 9.17) is 11.6 Å². The first-order chi connectivity index (χ1) is 15.6. The lowest BCUT2D eigenvalue weighted by molar-refractivity contribution is 0.0696. The number of hydrogen-bond acceptors (Lipinski definition) is 3. The number of aromatic nitrogens is 2. The Hall–Kier alpha value is -3.35. The molecule has 1 aliphatic carbocycles. The lowest BCUT2D eigenvalue weighted by atomic mass is 9.98. The van der Waals surface area contributed by atoms with Crippen LogP contribution in [-0.4, -0.2) is 25.3 Å². The van der Waals surface area contributed by atoms with Gasteiger partial charge in [0, 0.05) is 5.02 Å². The standard InChI is InChI=1S/C26H23ClN2O4/c1-25(2,33)17-6-9-20(10-7-17)28-22-15-19(27)8-11-21(22)29(24(28)32)26(12-13-26)18-5-3-4-16(14-18)23(30)31/h3-11,14-15,33H,12-13H2,1-2H3,(H,30,31). The third kappa shape index (κ3) is 3.46. The molecule has 1 heterocycles. The Labute approximate surface area is 195 Å². The summed E-state index contributed by atoms with van der Waals surface area (Å²) in [5, 5.41) is 20.3. The van der Waals surface area contributed by atoms with Gasteiger partial charge in [-0.2, -0.15) is 0 Å². The van der Waals surface area contributed by atoms with Gasteiger partial charge in [-0.3, -0.25) is 9.13 Å². The molecule has 1 saturated carbocycles. The van der Waals surface area contributed by atoms with Crippen LogP contribution in [-0.2, 0) is 11.1 Å². The molecule has 0 aliphatic heterocycles. The highest BCUT2D eigenvalue weighted by molar-refractivity contribution is 6.31. The van der Waals surface area contributed by atoms with Crippen LogP contribution >= 0.6 is 11.6 Å². The summed E-state index contributed by atoms with van der Waals surface area (Å²) in [7, 11) is 0. The van der Waals surface area contributed by atoms with Gasteiger partial charge in [-0.1, -0.05) is 35.9 Å². The topological polar surface area (TPSA) is 84.5 Å². The lowest BCUT2D eigenvalue weighted by Crippen LogP contribution is -2.32. The minimum Gasteiger partial charge on any atom is -0.478 e. The van der Waals surface area contributed by atoms with E-state index in [1.54, 1.807) is 65.4 Å². The molecule has 0 saturated heterocycles. The molecule has 0 radical (unpaired) electrons. The van der Waals surface area contributed by atoms with Crippen molar-refractivity contribution in [3.8, 4) is 5.69 Å².